The van der Waals surface area contributed by atoms with E-state index in [0.717, 1.165) is 0 Å². The number of halogens is 3. The minimum atomic E-state index is -4.60. The maximum absolute atomic E-state index is 11.6. The lowest BCUT2D eigenvalue weighted by molar-refractivity contribution is -0.160. The first-order chi connectivity index (χ1) is 7.74. The fourth-order valence-electron chi connectivity index (χ4n) is 0.829. The van der Waals surface area contributed by atoms with Gasteiger partial charge in [-0.1, -0.05) is 0 Å². The Balaban J connectivity index is 3.85. The number of carbonyl (C=O) groups excluding carboxylic acids is 1. The quantitative estimate of drug-likeness (QED) is 0.735. The van der Waals surface area contributed by atoms with Gasteiger partial charge in [0.1, 0.15) is 0 Å². The Morgan fingerprint density at radius 3 is 2.41 bits per heavy atom. The maximum Gasteiger partial charge on any atom is 0.422 e. The molecule has 0 bridgehead atoms. The zero-order valence-electron chi connectivity index (χ0n) is 8.91. The second-order valence-corrected chi connectivity index (χ2v) is 3.03. The highest BCUT2D eigenvalue weighted by molar-refractivity contribution is 5.68. The second kappa shape index (κ2) is 6.94. The molecule has 100 valence electrons. The van der Waals surface area contributed by atoms with Gasteiger partial charge in [-0.2, -0.15) is 13.2 Å². The summed E-state index contributed by atoms with van der Waals surface area (Å²) in [7, 11) is 1.22. The predicted molar refractivity (Wildman–Crippen MR) is 48.5 cm³/mol. The van der Waals surface area contributed by atoms with Gasteiger partial charge in [0.05, 0.1) is 12.5 Å². The number of hydrogen-bond acceptors (Lipinski definition) is 4. The van der Waals surface area contributed by atoms with E-state index in [9.17, 15) is 22.8 Å². The van der Waals surface area contributed by atoms with E-state index in [1.54, 1.807) is 0 Å². The van der Waals surface area contributed by atoms with Crippen LogP contribution in [0.4, 0.5) is 18.0 Å². The van der Waals surface area contributed by atoms with Crippen LogP contribution in [0.1, 0.15) is 6.42 Å². The van der Waals surface area contributed by atoms with Crippen LogP contribution in [-0.4, -0.2) is 49.7 Å². The number of carboxylic acids is 1. The third-order valence-electron chi connectivity index (χ3n) is 1.58. The SMILES string of the molecule is COC(CNC(=O)OCC(F)(F)F)CC(=O)O. The second-order valence-electron chi connectivity index (χ2n) is 3.03. The molecular weight excluding hydrogens is 247 g/mol. The Kier molecular flexibility index (Phi) is 6.33. The van der Waals surface area contributed by atoms with Crippen LogP contribution in [0.15, 0.2) is 0 Å². The first-order valence-corrected chi connectivity index (χ1v) is 4.46. The molecular formula is C8H12F3NO5. The van der Waals surface area contributed by atoms with Crippen molar-refractivity contribution in [2.75, 3.05) is 20.3 Å². The number of carboxylic acid groups (broad SMARTS) is 1. The maximum atomic E-state index is 11.6. The molecule has 0 spiro atoms. The smallest absolute Gasteiger partial charge is 0.422 e. The van der Waals surface area contributed by atoms with Crippen LogP contribution in [0.3, 0.4) is 0 Å². The molecule has 0 rings (SSSR count). The summed E-state index contributed by atoms with van der Waals surface area (Å²) >= 11 is 0. The predicted octanol–water partition coefficient (Wildman–Crippen LogP) is 0.765. The molecule has 0 aliphatic rings. The molecule has 1 amide bonds. The molecule has 0 heterocycles. The summed E-state index contributed by atoms with van der Waals surface area (Å²) in [6.45, 7) is -1.95. The molecule has 1 atom stereocenters. The van der Waals surface area contributed by atoms with Crippen LogP contribution in [0.5, 0.6) is 0 Å². The van der Waals surface area contributed by atoms with Gasteiger partial charge in [-0.15, -0.1) is 0 Å². The zero-order chi connectivity index (χ0) is 13.5. The van der Waals surface area contributed by atoms with Crippen molar-refractivity contribution in [1.29, 1.82) is 0 Å². The number of alkyl carbamates (subject to hydrolysis) is 1. The molecule has 0 aliphatic carbocycles. The Labute approximate surface area is 94.7 Å². The van der Waals surface area contributed by atoms with E-state index < -0.39 is 30.9 Å². The third kappa shape index (κ3) is 9.42. The minimum Gasteiger partial charge on any atom is -0.481 e. The van der Waals surface area contributed by atoms with Crippen LogP contribution >= 0.6 is 0 Å². The monoisotopic (exact) mass is 259 g/mol. The minimum absolute atomic E-state index is 0.251. The summed E-state index contributed by atoms with van der Waals surface area (Å²) in [6, 6.07) is 0. The highest BCUT2D eigenvalue weighted by atomic mass is 19.4. The number of nitrogens with one attached hydrogen (secondary N) is 1. The first-order valence-electron chi connectivity index (χ1n) is 4.46. The van der Waals surface area contributed by atoms with E-state index in [4.69, 9.17) is 5.11 Å². The van der Waals surface area contributed by atoms with E-state index in [2.05, 4.69) is 9.47 Å². The van der Waals surface area contributed by atoms with Gasteiger partial charge >= 0.3 is 18.2 Å². The number of alkyl halides is 3. The van der Waals surface area contributed by atoms with Crippen LogP contribution in [0.25, 0.3) is 0 Å². The number of hydrogen-bond donors (Lipinski definition) is 2. The molecule has 6 nitrogen and oxygen atoms in total. The Morgan fingerprint density at radius 2 is 2.00 bits per heavy atom. The fraction of sp³-hybridized carbons (Fsp3) is 0.750. The summed E-state index contributed by atoms with van der Waals surface area (Å²) in [4.78, 5) is 21.1. The molecule has 0 fully saturated rings. The summed E-state index contributed by atoms with van der Waals surface area (Å²) in [5.74, 6) is -1.15. The van der Waals surface area contributed by atoms with Crippen molar-refractivity contribution in [3.05, 3.63) is 0 Å². The summed E-state index contributed by atoms with van der Waals surface area (Å²) in [5.41, 5.74) is 0. The topological polar surface area (TPSA) is 84.9 Å². The van der Waals surface area contributed by atoms with Gasteiger partial charge in [0, 0.05) is 13.7 Å². The molecule has 2 N–H and O–H groups in total. The van der Waals surface area contributed by atoms with E-state index in [1.807, 2.05) is 5.32 Å². The van der Waals surface area contributed by atoms with Crippen molar-refractivity contribution in [3.63, 3.8) is 0 Å². The molecule has 0 aromatic rings. The summed E-state index contributed by atoms with van der Waals surface area (Å²) in [6.07, 6.45) is -7.09. The van der Waals surface area contributed by atoms with Gasteiger partial charge in [-0.3, -0.25) is 4.79 Å². The number of aliphatic carboxylic acids is 1. The van der Waals surface area contributed by atoms with Crippen molar-refractivity contribution in [1.82, 2.24) is 5.32 Å². The van der Waals surface area contributed by atoms with Crippen LogP contribution in [0, 0.1) is 0 Å². The van der Waals surface area contributed by atoms with Gasteiger partial charge in [-0.25, -0.2) is 4.79 Å². The molecule has 9 heteroatoms. The molecule has 1 unspecified atom stereocenters. The van der Waals surface area contributed by atoms with Crippen molar-refractivity contribution in [3.8, 4) is 0 Å². The lowest BCUT2D eigenvalue weighted by Gasteiger charge is -2.14. The number of ether oxygens (including phenoxy) is 2. The molecule has 0 radical (unpaired) electrons. The number of carbonyl (C=O) groups is 2. The van der Waals surface area contributed by atoms with Crippen LogP contribution < -0.4 is 5.32 Å². The molecule has 0 aromatic heterocycles. The van der Waals surface area contributed by atoms with Gasteiger partial charge in [0.25, 0.3) is 0 Å². The normalized spacial score (nSPS) is 12.9. The van der Waals surface area contributed by atoms with Gasteiger partial charge in [0.15, 0.2) is 6.61 Å². The van der Waals surface area contributed by atoms with E-state index in [-0.39, 0.29) is 13.0 Å². The average Bonchev–Trinajstić information content (AvgIpc) is 2.19. The highest BCUT2D eigenvalue weighted by Gasteiger charge is 2.29. The van der Waals surface area contributed by atoms with Gasteiger partial charge in [0.2, 0.25) is 0 Å². The number of rotatable bonds is 6. The molecule has 0 saturated carbocycles. The van der Waals surface area contributed by atoms with E-state index in [0.29, 0.717) is 0 Å². The van der Waals surface area contributed by atoms with Crippen LogP contribution in [0.2, 0.25) is 0 Å². The zero-order valence-corrected chi connectivity index (χ0v) is 8.91. The molecule has 0 saturated heterocycles. The largest absolute Gasteiger partial charge is 0.481 e. The summed E-state index contributed by atoms with van der Waals surface area (Å²) in [5, 5.41) is 10.4. The fourth-order valence-corrected chi connectivity index (χ4v) is 0.829. The highest BCUT2D eigenvalue weighted by Crippen LogP contribution is 2.14. The van der Waals surface area contributed by atoms with Crippen LogP contribution in [-0.2, 0) is 14.3 Å². The van der Waals surface area contributed by atoms with Gasteiger partial charge in [-0.05, 0) is 0 Å². The lowest BCUT2D eigenvalue weighted by atomic mass is 10.2. The van der Waals surface area contributed by atoms with E-state index in [1.165, 1.54) is 7.11 Å². The molecule has 0 aliphatic heterocycles. The van der Waals surface area contributed by atoms with E-state index >= 15 is 0 Å². The van der Waals surface area contributed by atoms with Crippen molar-refractivity contribution in [2.24, 2.45) is 0 Å². The van der Waals surface area contributed by atoms with Crippen molar-refractivity contribution < 1.29 is 37.3 Å². The van der Waals surface area contributed by atoms with Crippen molar-refractivity contribution >= 4 is 12.1 Å². The Hall–Kier alpha value is -1.51. The van der Waals surface area contributed by atoms with Crippen molar-refractivity contribution in [2.45, 2.75) is 18.7 Å². The van der Waals surface area contributed by atoms with Gasteiger partial charge < -0.3 is 19.9 Å². The Bertz CT molecular complexity index is 268. The Morgan fingerprint density at radius 1 is 1.41 bits per heavy atom. The average molecular weight is 259 g/mol. The standard InChI is InChI=1S/C8H12F3NO5/c1-16-5(2-6(13)14)3-12-7(15)17-4-8(9,10)11/h5H,2-4H2,1H3,(H,12,15)(H,13,14). The third-order valence-corrected chi connectivity index (χ3v) is 1.58. The molecule has 17 heavy (non-hydrogen) atoms. The molecule has 0 aromatic carbocycles. The number of amides is 1. The lowest BCUT2D eigenvalue weighted by Crippen LogP contribution is -2.36. The summed E-state index contributed by atoms with van der Waals surface area (Å²) < 4.78 is 43.4. The number of methoxy groups -OCH3 is 1. The first kappa shape index (κ1) is 15.5.